The van der Waals surface area contributed by atoms with Crippen molar-refractivity contribution in [3.63, 3.8) is 0 Å². The molecule has 2 rings (SSSR count). The number of benzene rings is 1. The summed E-state index contributed by atoms with van der Waals surface area (Å²) in [5.41, 5.74) is 0.123. The monoisotopic (exact) mass is 313 g/mol. The standard InChI is InChI=1S/C13H13ClFN3O3/c1-16-12(19)6-21-11-3-7(9(15)4-8(11)14)10-5-13(20)18(2)17-10/h3-5,17H,6H2,1-2H3,(H,16,19). The van der Waals surface area contributed by atoms with Gasteiger partial charge in [0.2, 0.25) is 0 Å². The van der Waals surface area contributed by atoms with Crippen molar-refractivity contribution >= 4 is 17.5 Å². The molecule has 8 heteroatoms. The average molecular weight is 314 g/mol. The van der Waals surface area contributed by atoms with Gasteiger partial charge in [-0.2, -0.15) is 0 Å². The maximum Gasteiger partial charge on any atom is 0.266 e. The molecule has 0 bridgehead atoms. The zero-order valence-corrected chi connectivity index (χ0v) is 12.1. The minimum atomic E-state index is -0.603. The highest BCUT2D eigenvalue weighted by Gasteiger charge is 2.14. The van der Waals surface area contributed by atoms with Gasteiger partial charge in [-0.25, -0.2) is 4.39 Å². The molecular formula is C13H13ClFN3O3. The SMILES string of the molecule is CNC(=O)COc1cc(-c2cc(=O)n(C)[nH]2)c(F)cc1Cl. The molecule has 112 valence electrons. The number of nitrogens with zero attached hydrogens (tertiary/aromatic N) is 1. The van der Waals surface area contributed by atoms with Crippen LogP contribution in [-0.4, -0.2) is 29.3 Å². The maximum atomic E-state index is 14.0. The van der Waals surface area contributed by atoms with Crippen molar-refractivity contribution in [2.45, 2.75) is 0 Å². The summed E-state index contributed by atoms with van der Waals surface area (Å²) in [7, 11) is 2.99. The third-order valence-corrected chi connectivity index (χ3v) is 3.13. The second kappa shape index (κ2) is 6.01. The number of H-pyrrole nitrogens is 1. The molecule has 1 aromatic heterocycles. The lowest BCUT2D eigenvalue weighted by Gasteiger charge is -2.10. The summed E-state index contributed by atoms with van der Waals surface area (Å²) in [5.74, 6) is -0.791. The van der Waals surface area contributed by atoms with E-state index in [1.807, 2.05) is 0 Å². The number of rotatable bonds is 4. The van der Waals surface area contributed by atoms with Crippen molar-refractivity contribution in [3.05, 3.63) is 39.4 Å². The van der Waals surface area contributed by atoms with Gasteiger partial charge in [-0.1, -0.05) is 11.6 Å². The fraction of sp³-hybridized carbons (Fsp3) is 0.231. The number of aromatic nitrogens is 2. The number of carbonyl (C=O) groups is 1. The van der Waals surface area contributed by atoms with Crippen LogP contribution in [0.1, 0.15) is 0 Å². The van der Waals surface area contributed by atoms with Gasteiger partial charge in [0.15, 0.2) is 6.61 Å². The molecule has 0 radical (unpaired) electrons. The normalized spacial score (nSPS) is 10.5. The first kappa shape index (κ1) is 15.1. The highest BCUT2D eigenvalue weighted by atomic mass is 35.5. The second-order valence-electron chi connectivity index (χ2n) is 4.29. The quantitative estimate of drug-likeness (QED) is 0.893. The van der Waals surface area contributed by atoms with Crippen molar-refractivity contribution in [2.24, 2.45) is 7.05 Å². The van der Waals surface area contributed by atoms with Crippen LogP contribution in [0.4, 0.5) is 4.39 Å². The van der Waals surface area contributed by atoms with E-state index in [0.29, 0.717) is 5.69 Å². The molecule has 0 saturated heterocycles. The summed E-state index contributed by atoms with van der Waals surface area (Å²) >= 11 is 5.88. The highest BCUT2D eigenvalue weighted by molar-refractivity contribution is 6.32. The molecule has 0 aliphatic carbocycles. The Balaban J connectivity index is 2.38. The summed E-state index contributed by atoms with van der Waals surface area (Å²) < 4.78 is 20.4. The molecule has 0 atom stereocenters. The average Bonchev–Trinajstić information content (AvgIpc) is 2.77. The minimum absolute atomic E-state index is 0.0402. The Morgan fingerprint density at radius 2 is 2.19 bits per heavy atom. The molecule has 0 unspecified atom stereocenters. The summed E-state index contributed by atoms with van der Waals surface area (Å²) in [6, 6.07) is 3.67. The number of halogens is 2. The fourth-order valence-corrected chi connectivity index (χ4v) is 1.89. The van der Waals surface area contributed by atoms with Crippen LogP contribution in [0.25, 0.3) is 11.3 Å². The molecule has 1 amide bonds. The molecule has 2 N–H and O–H groups in total. The van der Waals surface area contributed by atoms with Gasteiger partial charge in [-0.05, 0) is 12.1 Å². The maximum absolute atomic E-state index is 14.0. The number of hydrogen-bond donors (Lipinski definition) is 2. The number of aromatic amines is 1. The molecule has 2 aromatic rings. The number of likely N-dealkylation sites (N-methyl/N-ethyl adjacent to an activating group) is 1. The lowest BCUT2D eigenvalue weighted by molar-refractivity contribution is -0.122. The van der Waals surface area contributed by atoms with Crippen LogP contribution in [0, 0.1) is 5.82 Å². The third-order valence-electron chi connectivity index (χ3n) is 2.84. The Hall–Kier alpha value is -2.28. The summed E-state index contributed by atoms with van der Waals surface area (Å²) in [6.45, 7) is -0.243. The van der Waals surface area contributed by atoms with Crippen LogP contribution in [0.15, 0.2) is 23.0 Å². The Bertz CT molecular complexity index is 739. The van der Waals surface area contributed by atoms with Crippen LogP contribution in [0.2, 0.25) is 5.02 Å². The fourth-order valence-electron chi connectivity index (χ4n) is 1.69. The zero-order chi connectivity index (χ0) is 15.6. The van der Waals surface area contributed by atoms with E-state index < -0.39 is 5.82 Å². The van der Waals surface area contributed by atoms with Gasteiger partial charge in [0.05, 0.1) is 10.7 Å². The minimum Gasteiger partial charge on any atom is -0.482 e. The van der Waals surface area contributed by atoms with Crippen molar-refractivity contribution in [3.8, 4) is 17.0 Å². The molecule has 0 aliphatic heterocycles. The van der Waals surface area contributed by atoms with E-state index in [2.05, 4.69) is 10.4 Å². The lowest BCUT2D eigenvalue weighted by Crippen LogP contribution is -2.24. The smallest absolute Gasteiger partial charge is 0.266 e. The Labute approximate surface area is 124 Å². The van der Waals surface area contributed by atoms with Gasteiger partial charge in [-0.3, -0.25) is 19.4 Å². The van der Waals surface area contributed by atoms with E-state index in [1.165, 1.54) is 30.9 Å². The van der Waals surface area contributed by atoms with E-state index in [4.69, 9.17) is 16.3 Å². The number of hydrogen-bond acceptors (Lipinski definition) is 3. The molecule has 0 aliphatic rings. The Morgan fingerprint density at radius 1 is 1.48 bits per heavy atom. The van der Waals surface area contributed by atoms with E-state index >= 15 is 0 Å². The van der Waals surface area contributed by atoms with Gasteiger partial charge in [0.25, 0.3) is 11.5 Å². The molecule has 1 heterocycles. The first-order valence-corrected chi connectivity index (χ1v) is 6.39. The molecule has 1 aromatic carbocycles. The molecule has 6 nitrogen and oxygen atoms in total. The highest BCUT2D eigenvalue weighted by Crippen LogP contribution is 2.32. The topological polar surface area (TPSA) is 76.1 Å². The summed E-state index contributed by atoms with van der Waals surface area (Å²) in [5, 5.41) is 5.14. The van der Waals surface area contributed by atoms with E-state index in [0.717, 1.165) is 6.07 Å². The predicted octanol–water partition coefficient (Wildman–Crippen LogP) is 1.30. The molecule has 21 heavy (non-hydrogen) atoms. The number of nitrogens with one attached hydrogen (secondary N) is 2. The molecule has 0 fully saturated rings. The van der Waals surface area contributed by atoms with Crippen LogP contribution in [0.5, 0.6) is 5.75 Å². The van der Waals surface area contributed by atoms with Gasteiger partial charge in [-0.15, -0.1) is 0 Å². The first-order chi connectivity index (χ1) is 9.92. The van der Waals surface area contributed by atoms with Crippen molar-refractivity contribution < 1.29 is 13.9 Å². The number of aryl methyl sites for hydroxylation is 1. The van der Waals surface area contributed by atoms with Gasteiger partial charge in [0.1, 0.15) is 11.6 Å². The van der Waals surface area contributed by atoms with E-state index in [9.17, 15) is 14.0 Å². The van der Waals surface area contributed by atoms with E-state index in [-0.39, 0.29) is 34.4 Å². The van der Waals surface area contributed by atoms with E-state index in [1.54, 1.807) is 0 Å². The largest absolute Gasteiger partial charge is 0.482 e. The number of ether oxygens (including phenoxy) is 1. The molecular weight excluding hydrogens is 301 g/mol. The lowest BCUT2D eigenvalue weighted by atomic mass is 10.1. The van der Waals surface area contributed by atoms with Crippen molar-refractivity contribution in [1.29, 1.82) is 0 Å². The second-order valence-corrected chi connectivity index (χ2v) is 4.70. The molecule has 0 saturated carbocycles. The van der Waals surface area contributed by atoms with Gasteiger partial charge >= 0.3 is 0 Å². The summed E-state index contributed by atoms with van der Waals surface area (Å²) in [6.07, 6.45) is 0. The van der Waals surface area contributed by atoms with Crippen molar-refractivity contribution in [1.82, 2.24) is 15.1 Å². The molecule has 0 spiro atoms. The Morgan fingerprint density at radius 3 is 2.76 bits per heavy atom. The predicted molar refractivity (Wildman–Crippen MR) is 76.0 cm³/mol. The van der Waals surface area contributed by atoms with Gasteiger partial charge in [0, 0.05) is 25.7 Å². The number of carbonyl (C=O) groups excluding carboxylic acids is 1. The number of amides is 1. The third kappa shape index (κ3) is 3.25. The zero-order valence-electron chi connectivity index (χ0n) is 11.4. The van der Waals surface area contributed by atoms with Crippen LogP contribution in [0.3, 0.4) is 0 Å². The van der Waals surface area contributed by atoms with Crippen LogP contribution >= 0.6 is 11.6 Å². The summed E-state index contributed by atoms with van der Waals surface area (Å²) in [4.78, 5) is 22.6. The first-order valence-electron chi connectivity index (χ1n) is 6.01. The van der Waals surface area contributed by atoms with Crippen LogP contribution in [-0.2, 0) is 11.8 Å². The van der Waals surface area contributed by atoms with Crippen LogP contribution < -0.4 is 15.6 Å². The van der Waals surface area contributed by atoms with Gasteiger partial charge < -0.3 is 10.1 Å². The van der Waals surface area contributed by atoms with Crippen molar-refractivity contribution in [2.75, 3.05) is 13.7 Å². The Kier molecular flexibility index (Phi) is 4.32.